The van der Waals surface area contributed by atoms with Crippen LogP contribution in [0.5, 0.6) is 0 Å². The van der Waals surface area contributed by atoms with Crippen LogP contribution in [0, 0.1) is 5.92 Å². The van der Waals surface area contributed by atoms with Crippen LogP contribution in [0.3, 0.4) is 0 Å². The summed E-state index contributed by atoms with van der Waals surface area (Å²) in [5.74, 6) is 2.34. The molecule has 16 heavy (non-hydrogen) atoms. The van der Waals surface area contributed by atoms with Crippen molar-refractivity contribution in [2.24, 2.45) is 11.7 Å². The number of hydrogen-bond acceptors (Lipinski definition) is 2. The van der Waals surface area contributed by atoms with Gasteiger partial charge in [0.25, 0.3) is 0 Å². The molecule has 2 fully saturated rings. The third-order valence-electron chi connectivity index (χ3n) is 4.33. The monoisotopic (exact) mass is 219 g/mol. The molecule has 3 N–H and O–H groups in total. The summed E-state index contributed by atoms with van der Waals surface area (Å²) in [5.41, 5.74) is 7.43. The molecule has 3 nitrogen and oxygen atoms in total. The molecule has 2 aliphatic rings. The van der Waals surface area contributed by atoms with E-state index in [1.165, 1.54) is 44.2 Å². The maximum absolute atomic E-state index is 6.36. The van der Waals surface area contributed by atoms with Crippen LogP contribution in [0.25, 0.3) is 0 Å². The molecule has 1 aromatic rings. The molecular formula is C13H21N3. The minimum Gasteiger partial charge on any atom is -0.344 e. The Morgan fingerprint density at radius 2 is 2.00 bits per heavy atom. The highest BCUT2D eigenvalue weighted by Gasteiger charge is 2.41. The van der Waals surface area contributed by atoms with Gasteiger partial charge in [0.2, 0.25) is 0 Å². The van der Waals surface area contributed by atoms with E-state index in [4.69, 9.17) is 5.73 Å². The van der Waals surface area contributed by atoms with E-state index in [1.807, 2.05) is 6.20 Å². The lowest BCUT2D eigenvalue weighted by atomic mass is 9.96. The Balaban J connectivity index is 1.81. The molecule has 3 rings (SSSR count). The summed E-state index contributed by atoms with van der Waals surface area (Å²) >= 11 is 0. The first-order chi connectivity index (χ1) is 7.68. The molecule has 0 radical (unpaired) electrons. The fourth-order valence-electron chi connectivity index (χ4n) is 2.93. The van der Waals surface area contributed by atoms with Crippen LogP contribution in [-0.4, -0.2) is 9.97 Å². The third-order valence-corrected chi connectivity index (χ3v) is 4.33. The van der Waals surface area contributed by atoms with E-state index in [-0.39, 0.29) is 5.54 Å². The van der Waals surface area contributed by atoms with Gasteiger partial charge in [-0.15, -0.1) is 0 Å². The Hall–Kier alpha value is -0.830. The van der Waals surface area contributed by atoms with Crippen molar-refractivity contribution in [3.63, 3.8) is 0 Å². The van der Waals surface area contributed by atoms with E-state index >= 15 is 0 Å². The third kappa shape index (κ3) is 1.67. The Bertz CT molecular complexity index is 370. The summed E-state index contributed by atoms with van der Waals surface area (Å²) in [5, 5.41) is 0. The number of imidazole rings is 1. The van der Waals surface area contributed by atoms with Gasteiger partial charge in [-0.05, 0) is 38.5 Å². The zero-order valence-corrected chi connectivity index (χ0v) is 10.00. The van der Waals surface area contributed by atoms with Gasteiger partial charge >= 0.3 is 0 Å². The van der Waals surface area contributed by atoms with Gasteiger partial charge in [-0.2, -0.15) is 0 Å². The summed E-state index contributed by atoms with van der Waals surface area (Å²) in [6.45, 7) is 2.11. The van der Waals surface area contributed by atoms with Crippen LogP contribution in [0.4, 0.5) is 0 Å². The number of H-pyrrole nitrogens is 1. The molecule has 0 aliphatic heterocycles. The van der Waals surface area contributed by atoms with E-state index in [9.17, 15) is 0 Å². The van der Waals surface area contributed by atoms with Crippen molar-refractivity contribution < 1.29 is 0 Å². The lowest BCUT2D eigenvalue weighted by Crippen LogP contribution is -2.36. The minimum absolute atomic E-state index is 0.239. The predicted molar refractivity (Wildman–Crippen MR) is 64.1 cm³/mol. The number of nitrogens with zero attached hydrogens (tertiary/aromatic N) is 1. The largest absolute Gasteiger partial charge is 0.344 e. The summed E-state index contributed by atoms with van der Waals surface area (Å²) in [4.78, 5) is 7.99. The van der Waals surface area contributed by atoms with Crippen molar-refractivity contribution >= 4 is 0 Å². The van der Waals surface area contributed by atoms with E-state index < -0.39 is 0 Å². The topological polar surface area (TPSA) is 54.7 Å². The summed E-state index contributed by atoms with van der Waals surface area (Å²) in [7, 11) is 0. The van der Waals surface area contributed by atoms with Gasteiger partial charge in [-0.25, -0.2) is 4.98 Å². The van der Waals surface area contributed by atoms with Crippen LogP contribution >= 0.6 is 0 Å². The number of nitrogens with one attached hydrogen (secondary N) is 1. The van der Waals surface area contributed by atoms with E-state index in [0.717, 1.165) is 5.82 Å². The molecule has 0 aromatic carbocycles. The second kappa shape index (κ2) is 3.59. The van der Waals surface area contributed by atoms with Gasteiger partial charge in [0, 0.05) is 17.8 Å². The van der Waals surface area contributed by atoms with Crippen LogP contribution in [0.15, 0.2) is 6.20 Å². The first-order valence-electron chi connectivity index (χ1n) is 6.52. The van der Waals surface area contributed by atoms with Crippen LogP contribution in [-0.2, 0) is 5.54 Å². The average molecular weight is 219 g/mol. The Morgan fingerprint density at radius 1 is 1.31 bits per heavy atom. The fourth-order valence-corrected chi connectivity index (χ4v) is 2.93. The molecule has 0 saturated heterocycles. The Kier molecular flexibility index (Phi) is 2.32. The summed E-state index contributed by atoms with van der Waals surface area (Å²) < 4.78 is 0. The van der Waals surface area contributed by atoms with Crippen molar-refractivity contribution in [3.05, 3.63) is 17.7 Å². The number of nitrogens with two attached hydrogens (primary N) is 1. The number of aromatic nitrogens is 2. The molecule has 0 bridgehead atoms. The smallest absolute Gasteiger partial charge is 0.126 e. The number of aromatic amines is 1. The van der Waals surface area contributed by atoms with Crippen molar-refractivity contribution in [1.29, 1.82) is 0 Å². The molecule has 2 saturated carbocycles. The van der Waals surface area contributed by atoms with Gasteiger partial charge in [0.05, 0.1) is 5.54 Å². The van der Waals surface area contributed by atoms with Gasteiger partial charge in [0.1, 0.15) is 5.82 Å². The highest BCUT2D eigenvalue weighted by molar-refractivity contribution is 5.16. The van der Waals surface area contributed by atoms with Crippen LogP contribution in [0.2, 0.25) is 0 Å². The van der Waals surface area contributed by atoms with E-state index in [0.29, 0.717) is 11.8 Å². The lowest BCUT2D eigenvalue weighted by molar-refractivity contribution is 0.403. The zero-order valence-electron chi connectivity index (χ0n) is 10.00. The predicted octanol–water partition coefficient (Wildman–Crippen LogP) is 2.65. The number of rotatable bonds is 3. The first kappa shape index (κ1) is 10.3. The molecule has 1 aromatic heterocycles. The van der Waals surface area contributed by atoms with Crippen molar-refractivity contribution in [2.75, 3.05) is 0 Å². The molecular weight excluding hydrogens is 198 g/mol. The molecule has 2 aliphatic carbocycles. The zero-order chi connectivity index (χ0) is 11.2. The van der Waals surface area contributed by atoms with E-state index in [1.54, 1.807) is 0 Å². The SMILES string of the molecule is CC(N)(c1ncc(C2CCCC2)[nH]1)C1CC1. The maximum Gasteiger partial charge on any atom is 0.126 e. The maximum atomic E-state index is 6.36. The summed E-state index contributed by atoms with van der Waals surface area (Å²) in [6.07, 6.45) is 9.87. The van der Waals surface area contributed by atoms with Gasteiger partial charge in [-0.3, -0.25) is 0 Å². The Morgan fingerprint density at radius 3 is 2.62 bits per heavy atom. The average Bonchev–Trinajstić information content (AvgIpc) is 2.82. The minimum atomic E-state index is -0.239. The molecule has 0 spiro atoms. The highest BCUT2D eigenvalue weighted by atomic mass is 15.0. The lowest BCUT2D eigenvalue weighted by Gasteiger charge is -2.21. The van der Waals surface area contributed by atoms with Gasteiger partial charge in [-0.1, -0.05) is 12.8 Å². The summed E-state index contributed by atoms with van der Waals surface area (Å²) in [6, 6.07) is 0. The van der Waals surface area contributed by atoms with Gasteiger partial charge in [0.15, 0.2) is 0 Å². The Labute approximate surface area is 96.8 Å². The molecule has 1 atom stereocenters. The standard InChI is InChI=1S/C13H21N3/c1-13(14,10-6-7-10)12-15-8-11(16-12)9-4-2-3-5-9/h8-10H,2-7,14H2,1H3,(H,15,16). The van der Waals surface area contributed by atoms with Crippen LogP contribution < -0.4 is 5.73 Å². The number of hydrogen-bond donors (Lipinski definition) is 2. The van der Waals surface area contributed by atoms with E-state index in [2.05, 4.69) is 16.9 Å². The molecule has 0 amide bonds. The van der Waals surface area contributed by atoms with Crippen molar-refractivity contribution in [1.82, 2.24) is 9.97 Å². The van der Waals surface area contributed by atoms with Crippen molar-refractivity contribution in [2.45, 2.75) is 56.9 Å². The highest BCUT2D eigenvalue weighted by Crippen LogP contribution is 2.43. The normalized spacial score (nSPS) is 25.9. The van der Waals surface area contributed by atoms with Crippen LogP contribution in [0.1, 0.15) is 62.9 Å². The quantitative estimate of drug-likeness (QED) is 0.821. The first-order valence-corrected chi connectivity index (χ1v) is 6.52. The second-order valence-electron chi connectivity index (χ2n) is 5.73. The second-order valence-corrected chi connectivity index (χ2v) is 5.73. The molecule has 3 heteroatoms. The molecule has 88 valence electrons. The molecule has 1 unspecified atom stereocenters. The fraction of sp³-hybridized carbons (Fsp3) is 0.769. The van der Waals surface area contributed by atoms with Crippen molar-refractivity contribution in [3.8, 4) is 0 Å². The molecule has 1 heterocycles. The van der Waals surface area contributed by atoms with Gasteiger partial charge < -0.3 is 10.7 Å².